The minimum absolute atomic E-state index is 0.175. The Morgan fingerprint density at radius 3 is 2.69 bits per heavy atom. The van der Waals surface area contributed by atoms with E-state index in [1.165, 1.54) is 0 Å². The number of likely N-dealkylation sites (tertiary alicyclic amines) is 1. The van der Waals surface area contributed by atoms with Gasteiger partial charge in [0.15, 0.2) is 5.69 Å². The van der Waals surface area contributed by atoms with Crippen LogP contribution in [0.1, 0.15) is 34.6 Å². The van der Waals surface area contributed by atoms with E-state index in [2.05, 4.69) is 5.10 Å². The quantitative estimate of drug-likeness (QED) is 0.886. The van der Waals surface area contributed by atoms with Crippen molar-refractivity contribution in [2.45, 2.75) is 26.3 Å². The van der Waals surface area contributed by atoms with Crippen LogP contribution >= 0.6 is 0 Å². The molecule has 1 aromatic heterocycles. The van der Waals surface area contributed by atoms with Crippen LogP contribution in [-0.4, -0.2) is 51.9 Å². The fourth-order valence-electron chi connectivity index (χ4n) is 3.53. The smallest absolute Gasteiger partial charge is 0.308 e. The maximum Gasteiger partial charge on any atom is 0.308 e. The first-order valence-corrected chi connectivity index (χ1v) is 8.65. The average Bonchev–Trinajstić information content (AvgIpc) is 3.25. The molecule has 26 heavy (non-hydrogen) atoms. The summed E-state index contributed by atoms with van der Waals surface area (Å²) in [6, 6.07) is 9.12. The molecular formula is C19H23N3O4. The normalized spacial score (nSPS) is 19.6. The van der Waals surface area contributed by atoms with Crippen molar-refractivity contribution < 1.29 is 19.4 Å². The largest absolute Gasteiger partial charge is 0.497 e. The number of methoxy groups -OCH3 is 1. The fraction of sp³-hybridized carbons (Fsp3) is 0.421. The Kier molecular flexibility index (Phi) is 4.97. The SMILES string of the molecule is CCn1nc(C(=O)N2C[C@H](C(=O)O)[C@@H](c3cccc(OC)c3)C2)cc1C. The van der Waals surface area contributed by atoms with Gasteiger partial charge in [-0.3, -0.25) is 14.3 Å². The van der Waals surface area contributed by atoms with Crippen molar-refractivity contribution in [1.29, 1.82) is 0 Å². The van der Waals surface area contributed by atoms with E-state index in [1.807, 2.05) is 38.1 Å². The van der Waals surface area contributed by atoms with Crippen LogP contribution in [0.3, 0.4) is 0 Å². The predicted octanol–water partition coefficient (Wildman–Crippen LogP) is 2.16. The van der Waals surface area contributed by atoms with Gasteiger partial charge in [-0.05, 0) is 37.6 Å². The van der Waals surface area contributed by atoms with Crippen LogP contribution in [0.2, 0.25) is 0 Å². The van der Waals surface area contributed by atoms with E-state index in [9.17, 15) is 14.7 Å². The van der Waals surface area contributed by atoms with Crippen LogP contribution in [0.5, 0.6) is 5.75 Å². The number of nitrogens with zero attached hydrogens (tertiary/aromatic N) is 3. The molecule has 1 fully saturated rings. The lowest BCUT2D eigenvalue weighted by atomic mass is 9.89. The Hall–Kier alpha value is -2.83. The molecule has 0 unspecified atom stereocenters. The van der Waals surface area contributed by atoms with Gasteiger partial charge >= 0.3 is 5.97 Å². The van der Waals surface area contributed by atoms with Crippen molar-refractivity contribution >= 4 is 11.9 Å². The zero-order valence-electron chi connectivity index (χ0n) is 15.2. The number of ether oxygens (including phenoxy) is 1. The van der Waals surface area contributed by atoms with Gasteiger partial charge in [0.25, 0.3) is 5.91 Å². The van der Waals surface area contributed by atoms with Crippen molar-refractivity contribution in [3.05, 3.63) is 47.3 Å². The maximum atomic E-state index is 12.8. The molecule has 0 aliphatic carbocycles. The number of carboxylic acid groups (broad SMARTS) is 1. The second-order valence-corrected chi connectivity index (χ2v) is 6.52. The molecule has 2 heterocycles. The van der Waals surface area contributed by atoms with Crippen molar-refractivity contribution in [2.75, 3.05) is 20.2 Å². The molecule has 2 atom stereocenters. The number of aliphatic carboxylic acids is 1. The zero-order valence-corrected chi connectivity index (χ0v) is 15.2. The molecule has 3 rings (SSSR count). The number of carboxylic acids is 1. The molecule has 0 spiro atoms. The summed E-state index contributed by atoms with van der Waals surface area (Å²) < 4.78 is 7.00. The van der Waals surface area contributed by atoms with Gasteiger partial charge in [0.05, 0.1) is 13.0 Å². The number of hydrogen-bond acceptors (Lipinski definition) is 4. The van der Waals surface area contributed by atoms with E-state index in [4.69, 9.17) is 4.74 Å². The highest BCUT2D eigenvalue weighted by Gasteiger charge is 2.41. The van der Waals surface area contributed by atoms with Crippen LogP contribution in [0.25, 0.3) is 0 Å². The summed E-state index contributed by atoms with van der Waals surface area (Å²) in [5.41, 5.74) is 2.14. The van der Waals surface area contributed by atoms with Gasteiger partial charge in [0.1, 0.15) is 5.75 Å². The molecule has 0 bridgehead atoms. The lowest BCUT2D eigenvalue weighted by Crippen LogP contribution is -2.30. The van der Waals surface area contributed by atoms with E-state index in [1.54, 1.807) is 22.8 Å². The standard InChI is InChI=1S/C19H23N3O4/c1-4-22-12(2)8-17(20-22)18(23)21-10-15(16(11-21)19(24)25)13-6-5-7-14(9-13)26-3/h5-9,15-16H,4,10-11H2,1-3H3,(H,24,25)/t15-,16+/m1/s1. The third-order valence-electron chi connectivity index (χ3n) is 4.95. The summed E-state index contributed by atoms with van der Waals surface area (Å²) in [6.45, 7) is 5.07. The summed E-state index contributed by atoms with van der Waals surface area (Å²) in [6.07, 6.45) is 0. The van der Waals surface area contributed by atoms with Crippen molar-refractivity contribution in [3.63, 3.8) is 0 Å². The molecule has 1 aliphatic heterocycles. The first-order valence-electron chi connectivity index (χ1n) is 8.65. The minimum Gasteiger partial charge on any atom is -0.497 e. The van der Waals surface area contributed by atoms with Gasteiger partial charge in [-0.1, -0.05) is 12.1 Å². The number of benzene rings is 1. The molecule has 1 saturated heterocycles. The van der Waals surface area contributed by atoms with Gasteiger partial charge in [-0.15, -0.1) is 0 Å². The van der Waals surface area contributed by atoms with Gasteiger partial charge in [-0.2, -0.15) is 5.10 Å². The van der Waals surface area contributed by atoms with Gasteiger partial charge in [0.2, 0.25) is 0 Å². The summed E-state index contributed by atoms with van der Waals surface area (Å²) in [4.78, 5) is 26.2. The van der Waals surface area contributed by atoms with Crippen LogP contribution in [-0.2, 0) is 11.3 Å². The third kappa shape index (κ3) is 3.29. The molecule has 1 aromatic carbocycles. The van der Waals surface area contributed by atoms with E-state index in [-0.39, 0.29) is 18.4 Å². The zero-order chi connectivity index (χ0) is 18.8. The Balaban J connectivity index is 1.86. The molecular weight excluding hydrogens is 334 g/mol. The summed E-state index contributed by atoms with van der Waals surface area (Å²) in [5, 5.41) is 14.0. The fourth-order valence-corrected chi connectivity index (χ4v) is 3.53. The first kappa shape index (κ1) is 18.0. The highest BCUT2D eigenvalue weighted by molar-refractivity contribution is 5.93. The molecule has 1 aliphatic rings. The number of hydrogen-bond donors (Lipinski definition) is 1. The lowest BCUT2D eigenvalue weighted by Gasteiger charge is -2.16. The van der Waals surface area contributed by atoms with E-state index < -0.39 is 11.9 Å². The molecule has 0 saturated carbocycles. The Bertz CT molecular complexity index is 830. The number of amides is 1. The van der Waals surface area contributed by atoms with E-state index >= 15 is 0 Å². The number of aromatic nitrogens is 2. The highest BCUT2D eigenvalue weighted by Crippen LogP contribution is 2.35. The Labute approximate surface area is 152 Å². The first-order chi connectivity index (χ1) is 12.4. The second-order valence-electron chi connectivity index (χ2n) is 6.52. The molecule has 7 nitrogen and oxygen atoms in total. The highest BCUT2D eigenvalue weighted by atomic mass is 16.5. The van der Waals surface area contributed by atoms with Gasteiger partial charge in [-0.25, -0.2) is 0 Å². The van der Waals surface area contributed by atoms with Crippen molar-refractivity contribution in [2.24, 2.45) is 5.92 Å². The van der Waals surface area contributed by atoms with Crippen molar-refractivity contribution in [1.82, 2.24) is 14.7 Å². The van der Waals surface area contributed by atoms with Crippen LogP contribution in [0.15, 0.2) is 30.3 Å². The van der Waals surface area contributed by atoms with Crippen LogP contribution < -0.4 is 4.74 Å². The summed E-state index contributed by atoms with van der Waals surface area (Å²) in [5.74, 6) is -1.38. The molecule has 1 N–H and O–H groups in total. The van der Waals surface area contributed by atoms with Crippen molar-refractivity contribution in [3.8, 4) is 5.75 Å². The van der Waals surface area contributed by atoms with Crippen LogP contribution in [0.4, 0.5) is 0 Å². The molecule has 0 radical (unpaired) electrons. The lowest BCUT2D eigenvalue weighted by molar-refractivity contribution is -0.141. The van der Waals surface area contributed by atoms with E-state index in [0.717, 1.165) is 11.3 Å². The topological polar surface area (TPSA) is 84.7 Å². The van der Waals surface area contributed by atoms with E-state index in [0.29, 0.717) is 24.5 Å². The average molecular weight is 357 g/mol. The number of carbonyl (C=O) groups excluding carboxylic acids is 1. The molecule has 138 valence electrons. The monoisotopic (exact) mass is 357 g/mol. The molecule has 1 amide bonds. The summed E-state index contributed by atoms with van der Waals surface area (Å²) >= 11 is 0. The number of aryl methyl sites for hydroxylation is 2. The molecule has 7 heteroatoms. The number of carbonyl (C=O) groups is 2. The minimum atomic E-state index is -0.900. The van der Waals surface area contributed by atoms with Crippen LogP contribution in [0, 0.1) is 12.8 Å². The second kappa shape index (κ2) is 7.19. The molecule has 2 aromatic rings. The Morgan fingerprint density at radius 1 is 1.31 bits per heavy atom. The Morgan fingerprint density at radius 2 is 2.08 bits per heavy atom. The summed E-state index contributed by atoms with van der Waals surface area (Å²) in [7, 11) is 1.57. The predicted molar refractivity (Wildman–Crippen MR) is 95.4 cm³/mol. The maximum absolute atomic E-state index is 12.8. The van der Waals surface area contributed by atoms with Gasteiger partial charge in [0, 0.05) is 31.2 Å². The third-order valence-corrected chi connectivity index (χ3v) is 4.95. The number of rotatable bonds is 5. The van der Waals surface area contributed by atoms with Gasteiger partial charge < -0.3 is 14.7 Å².